The number of ether oxygens (including phenoxy) is 1. The minimum absolute atomic E-state index is 0. The van der Waals surface area contributed by atoms with Crippen molar-refractivity contribution in [1.29, 1.82) is 0 Å². The van der Waals surface area contributed by atoms with E-state index >= 15 is 0 Å². The van der Waals surface area contributed by atoms with Crippen molar-refractivity contribution in [3.05, 3.63) is 72.8 Å². The number of para-hydroxylation sites is 1. The molecule has 0 atom stereocenters. The molecule has 4 aromatic rings. The number of halogens is 2. The number of aromatic nitrogens is 3. The summed E-state index contributed by atoms with van der Waals surface area (Å²) in [4.78, 5) is 9.07. The first kappa shape index (κ1) is 19.8. The SMILES string of the molecule is COc1ccccc1-c1ccc2cc(-n3ccnc3C)ccc2n1.Cl.Cl. The lowest BCUT2D eigenvalue weighted by Gasteiger charge is -2.10. The van der Waals surface area contributed by atoms with Crippen LogP contribution in [0.25, 0.3) is 27.8 Å². The van der Waals surface area contributed by atoms with Crippen LogP contribution in [0.3, 0.4) is 0 Å². The molecular formula is C20H19Cl2N3O. The Hall–Kier alpha value is -2.56. The third-order valence-corrected chi connectivity index (χ3v) is 4.16. The maximum Gasteiger partial charge on any atom is 0.128 e. The summed E-state index contributed by atoms with van der Waals surface area (Å²) in [5, 5.41) is 1.10. The van der Waals surface area contributed by atoms with Gasteiger partial charge in [-0.05, 0) is 43.3 Å². The number of hydrogen-bond acceptors (Lipinski definition) is 3. The quantitative estimate of drug-likeness (QED) is 0.481. The largest absolute Gasteiger partial charge is 0.496 e. The van der Waals surface area contributed by atoms with Gasteiger partial charge in [0.05, 0.1) is 18.3 Å². The van der Waals surface area contributed by atoms with Gasteiger partial charge in [-0.3, -0.25) is 0 Å². The molecule has 2 heterocycles. The van der Waals surface area contributed by atoms with Gasteiger partial charge in [0.1, 0.15) is 11.6 Å². The lowest BCUT2D eigenvalue weighted by molar-refractivity contribution is 0.416. The second kappa shape index (κ2) is 8.21. The topological polar surface area (TPSA) is 39.9 Å². The summed E-state index contributed by atoms with van der Waals surface area (Å²) in [5.41, 5.74) is 3.95. The zero-order valence-electron chi connectivity index (χ0n) is 14.4. The fourth-order valence-corrected chi connectivity index (χ4v) is 2.92. The van der Waals surface area contributed by atoms with Gasteiger partial charge in [-0.1, -0.05) is 18.2 Å². The van der Waals surface area contributed by atoms with E-state index in [0.29, 0.717) is 0 Å². The fourth-order valence-electron chi connectivity index (χ4n) is 2.92. The highest BCUT2D eigenvalue weighted by atomic mass is 35.5. The number of rotatable bonds is 3. The van der Waals surface area contributed by atoms with Crippen molar-refractivity contribution in [2.45, 2.75) is 6.92 Å². The van der Waals surface area contributed by atoms with Crippen LogP contribution in [0.1, 0.15) is 5.82 Å². The van der Waals surface area contributed by atoms with Gasteiger partial charge in [-0.25, -0.2) is 9.97 Å². The number of imidazole rings is 1. The molecule has 6 heteroatoms. The Morgan fingerprint density at radius 2 is 1.77 bits per heavy atom. The molecule has 0 aliphatic rings. The first-order valence-electron chi connectivity index (χ1n) is 7.81. The van der Waals surface area contributed by atoms with Crippen molar-refractivity contribution in [2.75, 3.05) is 7.11 Å². The zero-order chi connectivity index (χ0) is 16.5. The van der Waals surface area contributed by atoms with E-state index in [2.05, 4.69) is 27.8 Å². The Kier molecular flexibility index (Phi) is 6.24. The number of fused-ring (bicyclic) bond motifs is 1. The third kappa shape index (κ3) is 3.52. The van der Waals surface area contributed by atoms with Crippen LogP contribution >= 0.6 is 24.8 Å². The molecule has 2 aromatic carbocycles. The highest BCUT2D eigenvalue weighted by Gasteiger charge is 2.08. The van der Waals surface area contributed by atoms with Crippen molar-refractivity contribution in [3.8, 4) is 22.7 Å². The Labute approximate surface area is 164 Å². The number of benzene rings is 2. The Morgan fingerprint density at radius 1 is 0.962 bits per heavy atom. The number of nitrogens with zero attached hydrogens (tertiary/aromatic N) is 3. The average Bonchev–Trinajstić information content (AvgIpc) is 3.06. The first-order chi connectivity index (χ1) is 11.8. The molecule has 0 saturated heterocycles. The fraction of sp³-hybridized carbons (Fsp3) is 0.100. The van der Waals surface area contributed by atoms with E-state index in [0.717, 1.165) is 39.4 Å². The van der Waals surface area contributed by atoms with Crippen LogP contribution in [-0.2, 0) is 0 Å². The molecule has 0 N–H and O–H groups in total. The van der Waals surface area contributed by atoms with E-state index in [1.165, 1.54) is 0 Å². The molecule has 0 bridgehead atoms. The normalized spacial score (nSPS) is 10.1. The van der Waals surface area contributed by atoms with Crippen LogP contribution in [0.5, 0.6) is 5.75 Å². The van der Waals surface area contributed by atoms with Crippen LogP contribution in [-0.4, -0.2) is 21.6 Å². The minimum Gasteiger partial charge on any atom is -0.496 e. The van der Waals surface area contributed by atoms with E-state index in [-0.39, 0.29) is 24.8 Å². The maximum absolute atomic E-state index is 5.44. The summed E-state index contributed by atoms with van der Waals surface area (Å²) in [7, 11) is 1.68. The summed E-state index contributed by atoms with van der Waals surface area (Å²) in [6.45, 7) is 1.99. The molecular weight excluding hydrogens is 369 g/mol. The minimum atomic E-state index is 0. The molecule has 0 aliphatic heterocycles. The van der Waals surface area contributed by atoms with Gasteiger partial charge in [-0.2, -0.15) is 0 Å². The van der Waals surface area contributed by atoms with Crippen molar-refractivity contribution in [3.63, 3.8) is 0 Å². The number of pyridine rings is 1. The van der Waals surface area contributed by atoms with Crippen molar-refractivity contribution in [2.24, 2.45) is 0 Å². The molecule has 0 unspecified atom stereocenters. The molecule has 26 heavy (non-hydrogen) atoms. The molecule has 0 aliphatic carbocycles. The monoisotopic (exact) mass is 387 g/mol. The number of aryl methyl sites for hydroxylation is 1. The van der Waals surface area contributed by atoms with Crippen molar-refractivity contribution < 1.29 is 4.74 Å². The standard InChI is InChI=1S/C20H17N3O.2ClH/c1-14-21-11-12-23(14)16-8-10-18-15(13-16)7-9-19(22-18)17-5-3-4-6-20(17)24-2;;/h3-13H,1-2H3;2*1H. The van der Waals surface area contributed by atoms with Gasteiger partial charge >= 0.3 is 0 Å². The lowest BCUT2D eigenvalue weighted by atomic mass is 10.1. The van der Waals surface area contributed by atoms with E-state index in [1.54, 1.807) is 7.11 Å². The van der Waals surface area contributed by atoms with Gasteiger partial charge < -0.3 is 9.30 Å². The zero-order valence-corrected chi connectivity index (χ0v) is 16.1. The van der Waals surface area contributed by atoms with Crippen molar-refractivity contribution in [1.82, 2.24) is 14.5 Å². The molecule has 134 valence electrons. The van der Waals surface area contributed by atoms with Crippen LogP contribution in [0, 0.1) is 6.92 Å². The summed E-state index contributed by atoms with van der Waals surface area (Å²) < 4.78 is 7.51. The Bertz CT molecular complexity index is 1030. The van der Waals surface area contributed by atoms with Gasteiger partial charge in [-0.15, -0.1) is 24.8 Å². The van der Waals surface area contributed by atoms with E-state index < -0.39 is 0 Å². The summed E-state index contributed by atoms with van der Waals surface area (Å²) in [5.74, 6) is 1.79. The van der Waals surface area contributed by atoms with E-state index in [1.807, 2.05) is 55.7 Å². The molecule has 0 saturated carbocycles. The average molecular weight is 388 g/mol. The first-order valence-corrected chi connectivity index (χ1v) is 7.81. The molecule has 4 rings (SSSR count). The molecule has 0 spiro atoms. The highest BCUT2D eigenvalue weighted by molar-refractivity contribution is 5.86. The van der Waals surface area contributed by atoms with E-state index in [4.69, 9.17) is 9.72 Å². The lowest BCUT2D eigenvalue weighted by Crippen LogP contribution is -1.96. The molecule has 4 nitrogen and oxygen atoms in total. The second-order valence-electron chi connectivity index (χ2n) is 5.62. The highest BCUT2D eigenvalue weighted by Crippen LogP contribution is 2.30. The van der Waals surface area contributed by atoms with E-state index in [9.17, 15) is 0 Å². The Balaban J connectivity index is 0.00000121. The molecule has 0 fully saturated rings. The smallest absolute Gasteiger partial charge is 0.128 e. The molecule has 0 amide bonds. The predicted molar refractivity (Wildman–Crippen MR) is 110 cm³/mol. The van der Waals surface area contributed by atoms with Crippen LogP contribution in [0.15, 0.2) is 67.0 Å². The second-order valence-corrected chi connectivity index (χ2v) is 5.62. The van der Waals surface area contributed by atoms with Gasteiger partial charge in [0.2, 0.25) is 0 Å². The summed E-state index contributed by atoms with van der Waals surface area (Å²) in [6, 6.07) is 18.3. The third-order valence-electron chi connectivity index (χ3n) is 4.16. The summed E-state index contributed by atoms with van der Waals surface area (Å²) in [6.07, 6.45) is 3.77. The molecule has 0 radical (unpaired) electrons. The summed E-state index contributed by atoms with van der Waals surface area (Å²) >= 11 is 0. The van der Waals surface area contributed by atoms with Crippen molar-refractivity contribution >= 4 is 35.7 Å². The Morgan fingerprint density at radius 3 is 2.50 bits per heavy atom. The van der Waals surface area contributed by atoms with Crippen LogP contribution in [0.4, 0.5) is 0 Å². The van der Waals surface area contributed by atoms with Gasteiger partial charge in [0.25, 0.3) is 0 Å². The van der Waals surface area contributed by atoms with Crippen LogP contribution in [0.2, 0.25) is 0 Å². The van der Waals surface area contributed by atoms with Gasteiger partial charge in [0.15, 0.2) is 0 Å². The maximum atomic E-state index is 5.44. The molecule has 2 aromatic heterocycles. The number of methoxy groups -OCH3 is 1. The van der Waals surface area contributed by atoms with Gasteiger partial charge in [0, 0.05) is 29.0 Å². The number of hydrogen-bond donors (Lipinski definition) is 0. The van der Waals surface area contributed by atoms with Crippen LogP contribution < -0.4 is 4.74 Å². The predicted octanol–water partition coefficient (Wildman–Crippen LogP) is 5.25.